The monoisotopic (exact) mass is 379 g/mol. The van der Waals surface area contributed by atoms with E-state index in [2.05, 4.69) is 31.2 Å². The number of benzene rings is 1. The van der Waals surface area contributed by atoms with Crippen molar-refractivity contribution in [2.24, 2.45) is 4.99 Å². The number of aromatic nitrogens is 2. The van der Waals surface area contributed by atoms with Gasteiger partial charge in [0.1, 0.15) is 5.82 Å². The molecule has 2 rings (SSSR count). The van der Waals surface area contributed by atoms with Gasteiger partial charge >= 0.3 is 0 Å². The van der Waals surface area contributed by atoms with E-state index in [1.54, 1.807) is 6.92 Å². The van der Waals surface area contributed by atoms with E-state index in [0.29, 0.717) is 18.1 Å². The number of hydrogen-bond acceptors (Lipinski definition) is 8. The minimum atomic E-state index is -2.16. The zero-order valence-corrected chi connectivity index (χ0v) is 14.7. The van der Waals surface area contributed by atoms with Gasteiger partial charge in [-0.25, -0.2) is 14.0 Å². The van der Waals surface area contributed by atoms with Crippen molar-refractivity contribution >= 4 is 27.0 Å². The van der Waals surface area contributed by atoms with Crippen LogP contribution in [0.15, 0.2) is 27.8 Å². The normalized spacial score (nSPS) is 11.8. The number of rotatable bonds is 7. The third-order valence-electron chi connectivity index (χ3n) is 3.40. The second-order valence-electron chi connectivity index (χ2n) is 5.15. The molecule has 1 aromatic carbocycles. The van der Waals surface area contributed by atoms with Crippen molar-refractivity contribution in [2.45, 2.75) is 6.92 Å². The lowest BCUT2D eigenvalue weighted by molar-refractivity contribution is 0.234. The molecule has 0 bridgehead atoms. The van der Waals surface area contributed by atoms with Gasteiger partial charge < -0.3 is 5.32 Å². The number of anilines is 1. The number of nitrogens with one attached hydrogen (secondary N) is 4. The molecule has 0 aliphatic rings. The van der Waals surface area contributed by atoms with Crippen molar-refractivity contribution in [3.05, 3.63) is 35.3 Å². The van der Waals surface area contributed by atoms with E-state index in [4.69, 9.17) is 16.0 Å². The highest BCUT2D eigenvalue weighted by Crippen LogP contribution is 2.19. The number of hydrogen-bond donors (Lipinski definition) is 5. The van der Waals surface area contributed by atoms with Crippen molar-refractivity contribution in [3.63, 3.8) is 0 Å². The Labute approximate surface area is 150 Å². The van der Waals surface area contributed by atoms with Crippen molar-refractivity contribution in [1.82, 2.24) is 15.8 Å². The molecule has 0 saturated carbocycles. The lowest BCUT2D eigenvalue weighted by atomic mass is 10.2. The van der Waals surface area contributed by atoms with Gasteiger partial charge in [-0.1, -0.05) is 22.5 Å². The van der Waals surface area contributed by atoms with Crippen LogP contribution in [-0.2, 0) is 9.62 Å². The Bertz CT molecular complexity index is 947. The highest BCUT2D eigenvalue weighted by Gasteiger charge is 2.17. The summed E-state index contributed by atoms with van der Waals surface area (Å²) in [5.41, 5.74) is 2.31. The Balaban J connectivity index is 2.23. The third kappa shape index (κ3) is 4.78. The van der Waals surface area contributed by atoms with Crippen LogP contribution in [0.1, 0.15) is 18.2 Å². The molecule has 0 unspecified atom stereocenters. The van der Waals surface area contributed by atoms with E-state index in [-0.39, 0.29) is 28.6 Å². The van der Waals surface area contributed by atoms with Gasteiger partial charge in [0, 0.05) is 18.1 Å². The standard InChI is InChI=1S/C15H18FN7O2S/c1-3-10-9-11(5-6-12(10)16)20-15(21-24)13-14(23-25-22-13)19-7-8-26(17,18)4-2/h1,5-6,9,17-18,24H,4,7-8H2,2H3,(H,19,23)(H,20,21). The lowest BCUT2D eigenvalue weighted by Crippen LogP contribution is -2.23. The Kier molecular flexibility index (Phi) is 6.26. The SMILES string of the molecule is C#Cc1cc(N=C(NO)c2nonc2NCCS(=N)(=N)CC)ccc1F. The predicted molar refractivity (Wildman–Crippen MR) is 96.5 cm³/mol. The number of nitrogens with zero attached hydrogens (tertiary/aromatic N) is 3. The van der Waals surface area contributed by atoms with E-state index < -0.39 is 15.4 Å². The summed E-state index contributed by atoms with van der Waals surface area (Å²) in [4.78, 5) is 4.12. The van der Waals surface area contributed by atoms with Crippen LogP contribution in [-0.4, -0.2) is 39.4 Å². The molecule has 11 heteroatoms. The third-order valence-corrected chi connectivity index (χ3v) is 5.29. The van der Waals surface area contributed by atoms with Crippen molar-refractivity contribution in [1.29, 1.82) is 9.56 Å². The minimum absolute atomic E-state index is 0.0324. The second-order valence-corrected chi connectivity index (χ2v) is 7.90. The molecule has 0 atom stereocenters. The van der Waals surface area contributed by atoms with Crippen molar-refractivity contribution < 1.29 is 14.2 Å². The van der Waals surface area contributed by atoms with Gasteiger partial charge in [0.05, 0.1) is 11.3 Å². The Morgan fingerprint density at radius 2 is 2.23 bits per heavy atom. The zero-order chi connectivity index (χ0) is 19.2. The van der Waals surface area contributed by atoms with Crippen LogP contribution in [0.3, 0.4) is 0 Å². The maximum absolute atomic E-state index is 13.5. The number of hydroxylamine groups is 1. The first kappa shape index (κ1) is 19.4. The first-order valence-electron chi connectivity index (χ1n) is 7.50. The molecule has 0 radical (unpaired) electrons. The molecule has 0 fully saturated rings. The van der Waals surface area contributed by atoms with Crippen LogP contribution >= 0.6 is 0 Å². The molecule has 0 aliphatic carbocycles. The second kappa shape index (κ2) is 8.41. The van der Waals surface area contributed by atoms with E-state index in [1.165, 1.54) is 18.2 Å². The number of halogens is 1. The molecule has 0 amide bonds. The molecule has 0 spiro atoms. The van der Waals surface area contributed by atoms with Gasteiger partial charge in [-0.15, -0.1) is 6.42 Å². The fourth-order valence-corrected chi connectivity index (χ4v) is 2.64. The average Bonchev–Trinajstić information content (AvgIpc) is 3.09. The molecule has 0 saturated heterocycles. The topological polar surface area (TPSA) is 143 Å². The smallest absolute Gasteiger partial charge is 0.202 e. The summed E-state index contributed by atoms with van der Waals surface area (Å²) in [5, 5.41) is 19.6. The maximum atomic E-state index is 13.5. The van der Waals surface area contributed by atoms with E-state index >= 15 is 0 Å². The molecule has 1 heterocycles. The van der Waals surface area contributed by atoms with Crippen LogP contribution in [0.2, 0.25) is 0 Å². The van der Waals surface area contributed by atoms with Crippen LogP contribution in [0.25, 0.3) is 0 Å². The molecule has 26 heavy (non-hydrogen) atoms. The summed E-state index contributed by atoms with van der Waals surface area (Å²) in [6.07, 6.45) is 5.22. The van der Waals surface area contributed by atoms with Crippen LogP contribution in [0.5, 0.6) is 0 Å². The van der Waals surface area contributed by atoms with Crippen molar-refractivity contribution in [2.75, 3.05) is 23.4 Å². The fraction of sp³-hybridized carbons (Fsp3) is 0.267. The molecule has 9 nitrogen and oxygen atoms in total. The fourth-order valence-electron chi connectivity index (χ4n) is 1.90. The van der Waals surface area contributed by atoms with Gasteiger partial charge in [-0.3, -0.25) is 20.2 Å². The van der Waals surface area contributed by atoms with E-state index in [1.807, 2.05) is 5.48 Å². The van der Waals surface area contributed by atoms with Crippen LogP contribution < -0.4 is 10.8 Å². The van der Waals surface area contributed by atoms with Crippen LogP contribution in [0.4, 0.5) is 15.9 Å². The van der Waals surface area contributed by atoms with Crippen LogP contribution in [0, 0.1) is 27.7 Å². The summed E-state index contributed by atoms with van der Waals surface area (Å²) >= 11 is 0. The van der Waals surface area contributed by atoms with E-state index in [9.17, 15) is 9.60 Å². The molecular weight excluding hydrogens is 361 g/mol. The largest absolute Gasteiger partial charge is 0.364 e. The minimum Gasteiger partial charge on any atom is -0.364 e. The number of amidine groups is 1. The predicted octanol–water partition coefficient (Wildman–Crippen LogP) is 2.36. The highest BCUT2D eigenvalue weighted by molar-refractivity contribution is 7.93. The molecular formula is C15H18FN7O2S. The maximum Gasteiger partial charge on any atom is 0.202 e. The quantitative estimate of drug-likeness (QED) is 0.216. The summed E-state index contributed by atoms with van der Waals surface area (Å²) < 4.78 is 33.7. The summed E-state index contributed by atoms with van der Waals surface area (Å²) in [6.45, 7) is 2.11. The first-order chi connectivity index (χ1) is 12.4. The molecule has 2 aromatic rings. The Morgan fingerprint density at radius 3 is 2.88 bits per heavy atom. The molecule has 5 N–H and O–H groups in total. The summed E-state index contributed by atoms with van der Waals surface area (Å²) in [6, 6.07) is 3.89. The average molecular weight is 379 g/mol. The highest BCUT2D eigenvalue weighted by atomic mass is 32.2. The Hall–Kier alpha value is -2.97. The summed E-state index contributed by atoms with van der Waals surface area (Å²) in [5.74, 6) is 2.55. The van der Waals surface area contributed by atoms with Gasteiger partial charge in [-0.2, -0.15) is 0 Å². The Morgan fingerprint density at radius 1 is 1.46 bits per heavy atom. The van der Waals surface area contributed by atoms with Gasteiger partial charge in [-0.05, 0) is 28.5 Å². The van der Waals surface area contributed by atoms with E-state index in [0.717, 1.165) is 0 Å². The summed E-state index contributed by atoms with van der Waals surface area (Å²) in [7, 11) is -2.16. The van der Waals surface area contributed by atoms with Gasteiger partial charge in [0.2, 0.25) is 5.82 Å². The zero-order valence-electron chi connectivity index (χ0n) is 13.9. The van der Waals surface area contributed by atoms with Crippen molar-refractivity contribution in [3.8, 4) is 12.3 Å². The molecule has 138 valence electrons. The number of aliphatic imine (C=N–C) groups is 1. The lowest BCUT2D eigenvalue weighted by Gasteiger charge is -2.09. The molecule has 1 aromatic heterocycles. The van der Waals surface area contributed by atoms with Gasteiger partial charge in [0.15, 0.2) is 11.5 Å². The van der Waals surface area contributed by atoms with Gasteiger partial charge in [0.25, 0.3) is 0 Å². The first-order valence-corrected chi connectivity index (χ1v) is 9.47. The molecule has 0 aliphatic heterocycles. The number of terminal acetylenes is 1.